The summed E-state index contributed by atoms with van der Waals surface area (Å²) in [5.74, 6) is 0.944. The van der Waals surface area contributed by atoms with Crippen LogP contribution in [0.15, 0.2) is 36.5 Å². The van der Waals surface area contributed by atoms with Crippen LogP contribution in [0.5, 0.6) is 0 Å². The van der Waals surface area contributed by atoms with Crippen molar-refractivity contribution in [3.05, 3.63) is 53.2 Å². The molecule has 3 heteroatoms. The molecule has 0 aliphatic heterocycles. The van der Waals surface area contributed by atoms with Crippen molar-refractivity contribution in [2.75, 3.05) is 24.3 Å². The zero-order chi connectivity index (χ0) is 13.8. The van der Waals surface area contributed by atoms with Crippen molar-refractivity contribution in [3.63, 3.8) is 0 Å². The molecule has 0 atom stereocenters. The number of benzene rings is 1. The third-order valence-electron chi connectivity index (χ3n) is 3.30. The summed E-state index contributed by atoms with van der Waals surface area (Å²) in [6, 6.07) is 10.6. The minimum atomic E-state index is 0.841. The molecule has 0 radical (unpaired) electrons. The van der Waals surface area contributed by atoms with Crippen molar-refractivity contribution < 1.29 is 0 Å². The van der Waals surface area contributed by atoms with Crippen LogP contribution in [0.2, 0.25) is 0 Å². The summed E-state index contributed by atoms with van der Waals surface area (Å²) in [6.45, 7) is 5.12. The standard InChI is InChI=1S/C16H21N3/c1-12-7-8-15(13(2)10-12)19(4)11-14-6-5-9-18-16(14)17-3/h5-10H,11H2,1-4H3,(H,17,18). The summed E-state index contributed by atoms with van der Waals surface area (Å²) >= 11 is 0. The number of rotatable bonds is 4. The summed E-state index contributed by atoms with van der Waals surface area (Å²) < 4.78 is 0. The fraction of sp³-hybridized carbons (Fsp3) is 0.312. The van der Waals surface area contributed by atoms with Crippen LogP contribution in [-0.2, 0) is 6.54 Å². The molecule has 2 aromatic rings. The summed E-state index contributed by atoms with van der Waals surface area (Å²) in [6.07, 6.45) is 1.81. The van der Waals surface area contributed by atoms with Gasteiger partial charge in [0, 0.05) is 38.1 Å². The average Bonchev–Trinajstić information content (AvgIpc) is 2.39. The Hall–Kier alpha value is -2.03. The van der Waals surface area contributed by atoms with Crippen molar-refractivity contribution in [3.8, 4) is 0 Å². The first-order valence-corrected chi connectivity index (χ1v) is 6.52. The van der Waals surface area contributed by atoms with Crippen LogP contribution in [0, 0.1) is 13.8 Å². The molecule has 0 amide bonds. The van der Waals surface area contributed by atoms with E-state index in [0.29, 0.717) is 0 Å². The quantitative estimate of drug-likeness (QED) is 0.907. The van der Waals surface area contributed by atoms with Crippen LogP contribution in [0.25, 0.3) is 0 Å². The number of anilines is 2. The molecule has 100 valence electrons. The fourth-order valence-corrected chi connectivity index (χ4v) is 2.37. The molecule has 0 fully saturated rings. The number of nitrogens with zero attached hydrogens (tertiary/aromatic N) is 2. The first-order chi connectivity index (χ1) is 9.11. The van der Waals surface area contributed by atoms with Crippen molar-refractivity contribution in [2.24, 2.45) is 0 Å². The van der Waals surface area contributed by atoms with E-state index in [1.807, 2.05) is 19.3 Å². The molecule has 0 saturated heterocycles. The minimum absolute atomic E-state index is 0.841. The first kappa shape index (κ1) is 13.4. The van der Waals surface area contributed by atoms with Crippen LogP contribution in [0.4, 0.5) is 11.5 Å². The molecule has 1 heterocycles. The van der Waals surface area contributed by atoms with E-state index in [1.54, 1.807) is 0 Å². The van der Waals surface area contributed by atoms with Crippen LogP contribution in [0.3, 0.4) is 0 Å². The molecule has 1 aromatic carbocycles. The van der Waals surface area contributed by atoms with E-state index in [4.69, 9.17) is 0 Å². The van der Waals surface area contributed by atoms with Gasteiger partial charge in [0.2, 0.25) is 0 Å². The lowest BCUT2D eigenvalue weighted by Gasteiger charge is -2.22. The highest BCUT2D eigenvalue weighted by atomic mass is 15.1. The molecule has 19 heavy (non-hydrogen) atoms. The Morgan fingerprint density at radius 1 is 1.21 bits per heavy atom. The van der Waals surface area contributed by atoms with Gasteiger partial charge in [-0.05, 0) is 31.5 Å². The monoisotopic (exact) mass is 255 g/mol. The molecule has 1 N–H and O–H groups in total. The van der Waals surface area contributed by atoms with E-state index >= 15 is 0 Å². The van der Waals surface area contributed by atoms with Crippen LogP contribution >= 0.6 is 0 Å². The summed E-state index contributed by atoms with van der Waals surface area (Å²) in [5.41, 5.74) is 5.06. The second-order valence-electron chi connectivity index (χ2n) is 4.91. The Bertz CT molecular complexity index is 564. The number of aromatic nitrogens is 1. The van der Waals surface area contributed by atoms with Gasteiger partial charge in [-0.15, -0.1) is 0 Å². The van der Waals surface area contributed by atoms with E-state index in [1.165, 1.54) is 22.4 Å². The van der Waals surface area contributed by atoms with Gasteiger partial charge in [0.05, 0.1) is 0 Å². The smallest absolute Gasteiger partial charge is 0.130 e. The van der Waals surface area contributed by atoms with Gasteiger partial charge in [0.15, 0.2) is 0 Å². The van der Waals surface area contributed by atoms with Gasteiger partial charge in [0.25, 0.3) is 0 Å². The fourth-order valence-electron chi connectivity index (χ4n) is 2.37. The highest BCUT2D eigenvalue weighted by Gasteiger charge is 2.08. The van der Waals surface area contributed by atoms with Gasteiger partial charge in [0.1, 0.15) is 5.82 Å². The Balaban J connectivity index is 2.23. The van der Waals surface area contributed by atoms with Gasteiger partial charge in [-0.2, -0.15) is 0 Å². The maximum Gasteiger partial charge on any atom is 0.130 e. The second kappa shape index (κ2) is 5.74. The van der Waals surface area contributed by atoms with E-state index < -0.39 is 0 Å². The molecule has 1 aromatic heterocycles. The molecule has 3 nitrogen and oxygen atoms in total. The molecule has 0 spiro atoms. The van der Waals surface area contributed by atoms with Gasteiger partial charge in [-0.3, -0.25) is 0 Å². The SMILES string of the molecule is CNc1ncccc1CN(C)c1ccc(C)cc1C. The largest absolute Gasteiger partial charge is 0.373 e. The Morgan fingerprint density at radius 2 is 2.00 bits per heavy atom. The number of hydrogen-bond donors (Lipinski definition) is 1. The normalized spacial score (nSPS) is 10.3. The number of aryl methyl sites for hydroxylation is 2. The topological polar surface area (TPSA) is 28.2 Å². The van der Waals surface area contributed by atoms with Crippen LogP contribution in [-0.4, -0.2) is 19.1 Å². The van der Waals surface area contributed by atoms with Crippen molar-refractivity contribution in [2.45, 2.75) is 20.4 Å². The lowest BCUT2D eigenvalue weighted by molar-refractivity contribution is 0.911. The van der Waals surface area contributed by atoms with Crippen LogP contribution in [0.1, 0.15) is 16.7 Å². The maximum atomic E-state index is 4.34. The highest BCUT2D eigenvalue weighted by molar-refractivity contribution is 5.55. The Kier molecular flexibility index (Phi) is 4.05. The molecule has 2 rings (SSSR count). The summed E-state index contributed by atoms with van der Waals surface area (Å²) in [7, 11) is 4.02. The van der Waals surface area contributed by atoms with E-state index in [9.17, 15) is 0 Å². The summed E-state index contributed by atoms with van der Waals surface area (Å²) in [4.78, 5) is 6.60. The molecule has 0 aliphatic carbocycles. The second-order valence-corrected chi connectivity index (χ2v) is 4.91. The molecule has 0 aliphatic rings. The van der Waals surface area contributed by atoms with Gasteiger partial charge < -0.3 is 10.2 Å². The predicted octanol–water partition coefficient (Wildman–Crippen LogP) is 3.38. The van der Waals surface area contributed by atoms with Gasteiger partial charge in [-0.1, -0.05) is 23.8 Å². The van der Waals surface area contributed by atoms with Crippen LogP contribution < -0.4 is 10.2 Å². The molecular weight excluding hydrogens is 234 g/mol. The highest BCUT2D eigenvalue weighted by Crippen LogP contribution is 2.23. The van der Waals surface area contributed by atoms with Crippen molar-refractivity contribution in [1.29, 1.82) is 0 Å². The lowest BCUT2D eigenvalue weighted by Crippen LogP contribution is -2.18. The van der Waals surface area contributed by atoms with E-state index in [-0.39, 0.29) is 0 Å². The first-order valence-electron chi connectivity index (χ1n) is 6.52. The molecule has 0 bridgehead atoms. The third-order valence-corrected chi connectivity index (χ3v) is 3.30. The predicted molar refractivity (Wildman–Crippen MR) is 81.8 cm³/mol. The van der Waals surface area contributed by atoms with Gasteiger partial charge >= 0.3 is 0 Å². The van der Waals surface area contributed by atoms with Gasteiger partial charge in [-0.25, -0.2) is 4.98 Å². The number of pyridine rings is 1. The summed E-state index contributed by atoms with van der Waals surface area (Å²) in [5, 5.41) is 3.14. The minimum Gasteiger partial charge on any atom is -0.373 e. The zero-order valence-corrected chi connectivity index (χ0v) is 12.1. The lowest BCUT2D eigenvalue weighted by atomic mass is 10.1. The maximum absolute atomic E-state index is 4.34. The number of nitrogens with one attached hydrogen (secondary N) is 1. The van der Waals surface area contributed by atoms with Crippen molar-refractivity contribution >= 4 is 11.5 Å². The Morgan fingerprint density at radius 3 is 2.68 bits per heavy atom. The third kappa shape index (κ3) is 3.05. The van der Waals surface area contributed by atoms with E-state index in [2.05, 4.69) is 60.4 Å². The zero-order valence-electron chi connectivity index (χ0n) is 12.1. The average molecular weight is 255 g/mol. The van der Waals surface area contributed by atoms with E-state index in [0.717, 1.165) is 12.4 Å². The molecular formula is C16H21N3. The van der Waals surface area contributed by atoms with Crippen molar-refractivity contribution in [1.82, 2.24) is 4.98 Å². The molecule has 0 saturated carbocycles. The number of hydrogen-bond acceptors (Lipinski definition) is 3. The molecule has 0 unspecified atom stereocenters. The Labute approximate surface area is 115 Å².